The van der Waals surface area contributed by atoms with Crippen LogP contribution in [-0.4, -0.2) is 23.1 Å². The highest BCUT2D eigenvalue weighted by atomic mass is 16.5. The predicted molar refractivity (Wildman–Crippen MR) is 80.8 cm³/mol. The molecular weight excluding hydrogens is 252 g/mol. The molecule has 106 valence electrons. The molecule has 0 amide bonds. The second-order valence-corrected chi connectivity index (χ2v) is 4.89. The van der Waals surface area contributed by atoms with E-state index in [1.165, 1.54) is 0 Å². The summed E-state index contributed by atoms with van der Waals surface area (Å²) >= 11 is 0. The SMILES string of the molecule is COc1cncc(N(Cc2cccc(N)c2)C(C)C)n1. The van der Waals surface area contributed by atoms with Gasteiger partial charge in [-0.1, -0.05) is 12.1 Å². The minimum atomic E-state index is 0.290. The van der Waals surface area contributed by atoms with Gasteiger partial charge in [-0.25, -0.2) is 0 Å². The Morgan fingerprint density at radius 3 is 2.75 bits per heavy atom. The number of methoxy groups -OCH3 is 1. The Morgan fingerprint density at radius 2 is 2.10 bits per heavy atom. The third-order valence-electron chi connectivity index (χ3n) is 3.03. The van der Waals surface area contributed by atoms with Crippen LogP contribution in [0.1, 0.15) is 19.4 Å². The molecule has 2 rings (SSSR count). The molecule has 0 unspecified atom stereocenters. The zero-order chi connectivity index (χ0) is 14.5. The van der Waals surface area contributed by atoms with Crippen LogP contribution in [0.4, 0.5) is 11.5 Å². The van der Waals surface area contributed by atoms with Crippen LogP contribution < -0.4 is 15.4 Å². The molecule has 0 aliphatic carbocycles. The normalized spacial score (nSPS) is 10.6. The van der Waals surface area contributed by atoms with E-state index in [0.29, 0.717) is 5.88 Å². The topological polar surface area (TPSA) is 64.3 Å². The van der Waals surface area contributed by atoms with Crippen molar-refractivity contribution in [2.45, 2.75) is 26.4 Å². The molecule has 2 aromatic rings. The Morgan fingerprint density at radius 1 is 1.30 bits per heavy atom. The standard InChI is InChI=1S/C15H20N4O/c1-11(2)19(10-12-5-4-6-13(16)7-12)14-8-17-9-15(18-14)20-3/h4-9,11H,10,16H2,1-3H3. The number of aromatic nitrogens is 2. The van der Waals surface area contributed by atoms with Crippen LogP contribution in [0.5, 0.6) is 5.88 Å². The van der Waals surface area contributed by atoms with Crippen LogP contribution in [0, 0.1) is 0 Å². The molecule has 0 fully saturated rings. The van der Waals surface area contributed by atoms with Crippen molar-refractivity contribution in [1.82, 2.24) is 9.97 Å². The fourth-order valence-electron chi connectivity index (χ4n) is 1.99. The number of nitrogens with zero attached hydrogens (tertiary/aromatic N) is 3. The third kappa shape index (κ3) is 3.38. The number of nitrogen functional groups attached to an aromatic ring is 1. The van der Waals surface area contributed by atoms with Crippen molar-refractivity contribution in [3.63, 3.8) is 0 Å². The molecule has 0 saturated heterocycles. The zero-order valence-corrected chi connectivity index (χ0v) is 12.1. The first-order valence-corrected chi connectivity index (χ1v) is 6.57. The van der Waals surface area contributed by atoms with Gasteiger partial charge in [0, 0.05) is 18.3 Å². The second-order valence-electron chi connectivity index (χ2n) is 4.89. The van der Waals surface area contributed by atoms with Crippen LogP contribution in [0.15, 0.2) is 36.7 Å². The summed E-state index contributed by atoms with van der Waals surface area (Å²) in [5.41, 5.74) is 7.74. The molecule has 1 heterocycles. The van der Waals surface area contributed by atoms with Gasteiger partial charge in [-0.15, -0.1) is 0 Å². The van der Waals surface area contributed by atoms with E-state index >= 15 is 0 Å². The average molecular weight is 272 g/mol. The summed E-state index contributed by atoms with van der Waals surface area (Å²) in [5.74, 6) is 1.31. The van der Waals surface area contributed by atoms with Gasteiger partial charge in [-0.3, -0.25) is 4.98 Å². The second kappa shape index (κ2) is 6.23. The fourth-order valence-corrected chi connectivity index (χ4v) is 1.99. The molecule has 0 spiro atoms. The quantitative estimate of drug-likeness (QED) is 0.847. The van der Waals surface area contributed by atoms with Crippen molar-refractivity contribution in [2.75, 3.05) is 17.7 Å². The van der Waals surface area contributed by atoms with E-state index < -0.39 is 0 Å². The summed E-state index contributed by atoms with van der Waals surface area (Å²) in [7, 11) is 1.59. The summed E-state index contributed by atoms with van der Waals surface area (Å²) in [6, 6.07) is 8.16. The minimum Gasteiger partial charge on any atom is -0.480 e. The first kappa shape index (κ1) is 14.1. The largest absolute Gasteiger partial charge is 0.480 e. The maximum atomic E-state index is 5.83. The highest BCUT2D eigenvalue weighted by Crippen LogP contribution is 2.20. The molecular formula is C15H20N4O. The van der Waals surface area contributed by atoms with Crippen molar-refractivity contribution in [3.8, 4) is 5.88 Å². The van der Waals surface area contributed by atoms with Crippen molar-refractivity contribution < 1.29 is 4.74 Å². The van der Waals surface area contributed by atoms with Crippen LogP contribution in [-0.2, 0) is 6.54 Å². The molecule has 5 nitrogen and oxygen atoms in total. The van der Waals surface area contributed by atoms with Gasteiger partial charge in [0.25, 0.3) is 0 Å². The predicted octanol–water partition coefficient (Wildman–Crippen LogP) is 2.48. The van der Waals surface area contributed by atoms with Gasteiger partial charge in [-0.2, -0.15) is 4.98 Å². The molecule has 0 aliphatic rings. The maximum Gasteiger partial charge on any atom is 0.233 e. The zero-order valence-electron chi connectivity index (χ0n) is 12.1. The van der Waals surface area contributed by atoms with Crippen LogP contribution >= 0.6 is 0 Å². The van der Waals surface area contributed by atoms with Gasteiger partial charge < -0.3 is 15.4 Å². The van der Waals surface area contributed by atoms with E-state index in [-0.39, 0.29) is 6.04 Å². The third-order valence-corrected chi connectivity index (χ3v) is 3.03. The number of ether oxygens (including phenoxy) is 1. The molecule has 0 atom stereocenters. The van der Waals surface area contributed by atoms with Gasteiger partial charge in [0.05, 0.1) is 19.5 Å². The van der Waals surface area contributed by atoms with Gasteiger partial charge in [0.2, 0.25) is 5.88 Å². The van der Waals surface area contributed by atoms with Gasteiger partial charge >= 0.3 is 0 Å². The Hall–Kier alpha value is -2.30. The van der Waals surface area contributed by atoms with Crippen LogP contribution in [0.25, 0.3) is 0 Å². The number of hydrogen-bond acceptors (Lipinski definition) is 5. The molecule has 0 aliphatic heterocycles. The maximum absolute atomic E-state index is 5.83. The van der Waals surface area contributed by atoms with Crippen molar-refractivity contribution >= 4 is 11.5 Å². The lowest BCUT2D eigenvalue weighted by Crippen LogP contribution is -2.31. The molecule has 0 bridgehead atoms. The minimum absolute atomic E-state index is 0.290. The summed E-state index contributed by atoms with van der Waals surface area (Å²) in [4.78, 5) is 10.8. The number of nitrogens with two attached hydrogens (primary N) is 1. The van der Waals surface area contributed by atoms with Crippen LogP contribution in [0.2, 0.25) is 0 Å². The highest BCUT2D eigenvalue weighted by Gasteiger charge is 2.14. The Kier molecular flexibility index (Phi) is 4.40. The van der Waals surface area contributed by atoms with Crippen molar-refractivity contribution in [3.05, 3.63) is 42.2 Å². The van der Waals surface area contributed by atoms with Gasteiger partial charge in [0.1, 0.15) is 0 Å². The summed E-state index contributed by atoms with van der Waals surface area (Å²) in [6.07, 6.45) is 3.34. The highest BCUT2D eigenvalue weighted by molar-refractivity contribution is 5.44. The first-order chi connectivity index (χ1) is 9.60. The molecule has 0 radical (unpaired) electrons. The fraction of sp³-hybridized carbons (Fsp3) is 0.333. The smallest absolute Gasteiger partial charge is 0.233 e. The number of benzene rings is 1. The van der Waals surface area contributed by atoms with E-state index in [1.54, 1.807) is 19.5 Å². The number of hydrogen-bond donors (Lipinski definition) is 1. The van der Waals surface area contributed by atoms with Crippen LogP contribution in [0.3, 0.4) is 0 Å². The lowest BCUT2D eigenvalue weighted by atomic mass is 10.1. The van der Waals surface area contributed by atoms with E-state index in [2.05, 4.69) is 34.8 Å². The van der Waals surface area contributed by atoms with Gasteiger partial charge in [-0.05, 0) is 31.5 Å². The van der Waals surface area contributed by atoms with E-state index in [9.17, 15) is 0 Å². The Bertz CT molecular complexity index is 571. The Balaban J connectivity index is 2.27. The molecule has 2 N–H and O–H groups in total. The Labute approximate surface area is 119 Å². The average Bonchev–Trinajstić information content (AvgIpc) is 2.44. The van der Waals surface area contributed by atoms with Crippen molar-refractivity contribution in [1.29, 1.82) is 0 Å². The molecule has 5 heteroatoms. The number of anilines is 2. The monoisotopic (exact) mass is 272 g/mol. The van der Waals surface area contributed by atoms with E-state index in [4.69, 9.17) is 10.5 Å². The van der Waals surface area contributed by atoms with Gasteiger partial charge in [0.15, 0.2) is 5.82 Å². The summed E-state index contributed by atoms with van der Waals surface area (Å²) in [5, 5.41) is 0. The van der Waals surface area contributed by atoms with E-state index in [1.807, 2.05) is 18.2 Å². The van der Waals surface area contributed by atoms with Crippen molar-refractivity contribution in [2.24, 2.45) is 0 Å². The summed E-state index contributed by atoms with van der Waals surface area (Å²) < 4.78 is 5.13. The number of rotatable bonds is 5. The molecule has 20 heavy (non-hydrogen) atoms. The van der Waals surface area contributed by atoms with E-state index in [0.717, 1.165) is 23.6 Å². The summed E-state index contributed by atoms with van der Waals surface area (Å²) in [6.45, 7) is 4.96. The molecule has 0 saturated carbocycles. The molecule has 1 aromatic heterocycles. The first-order valence-electron chi connectivity index (χ1n) is 6.57. The lowest BCUT2D eigenvalue weighted by molar-refractivity contribution is 0.395. The molecule has 1 aromatic carbocycles. The lowest BCUT2D eigenvalue weighted by Gasteiger charge is -2.27.